The van der Waals surface area contributed by atoms with Gasteiger partial charge < -0.3 is 4.90 Å². The topological polar surface area (TPSA) is 46.1 Å². The molecule has 1 atom stereocenters. The molecule has 0 bridgehead atoms. The number of para-hydroxylation sites is 1. The standard InChI is InChI=1S/C15H17Cl2N3OS/c1-3-11(17)15(21)20(12-7-5-4-6-10(12)2)9-14-19-18-13(8-16)22-14/h4-7,11H,3,8-9H2,1-2H3. The number of rotatable bonds is 6. The van der Waals surface area contributed by atoms with Crippen LogP contribution in [0.25, 0.3) is 0 Å². The van der Waals surface area contributed by atoms with Crippen molar-refractivity contribution in [2.24, 2.45) is 0 Å². The van der Waals surface area contributed by atoms with Gasteiger partial charge in [0, 0.05) is 5.69 Å². The van der Waals surface area contributed by atoms with Crippen LogP contribution < -0.4 is 4.90 Å². The highest BCUT2D eigenvalue weighted by atomic mass is 35.5. The normalized spacial score (nSPS) is 12.2. The van der Waals surface area contributed by atoms with E-state index in [0.29, 0.717) is 18.8 Å². The van der Waals surface area contributed by atoms with E-state index in [0.717, 1.165) is 21.3 Å². The van der Waals surface area contributed by atoms with Gasteiger partial charge in [-0.1, -0.05) is 36.5 Å². The van der Waals surface area contributed by atoms with Gasteiger partial charge in [-0.05, 0) is 25.0 Å². The molecule has 7 heteroatoms. The average Bonchev–Trinajstić information content (AvgIpc) is 2.99. The van der Waals surface area contributed by atoms with Crippen LogP contribution >= 0.6 is 34.5 Å². The summed E-state index contributed by atoms with van der Waals surface area (Å²) < 4.78 is 0. The van der Waals surface area contributed by atoms with Gasteiger partial charge in [0.1, 0.15) is 15.4 Å². The first kappa shape index (κ1) is 17.2. The number of halogens is 2. The summed E-state index contributed by atoms with van der Waals surface area (Å²) >= 11 is 13.3. The van der Waals surface area contributed by atoms with Crippen molar-refractivity contribution in [2.45, 2.75) is 38.1 Å². The molecule has 1 heterocycles. The predicted molar refractivity (Wildman–Crippen MR) is 91.8 cm³/mol. The molecule has 0 spiro atoms. The van der Waals surface area contributed by atoms with Crippen LogP contribution in [0.3, 0.4) is 0 Å². The Labute approximate surface area is 144 Å². The van der Waals surface area contributed by atoms with E-state index < -0.39 is 5.38 Å². The number of anilines is 1. The van der Waals surface area contributed by atoms with Crippen LogP contribution in [0, 0.1) is 6.92 Å². The van der Waals surface area contributed by atoms with E-state index in [9.17, 15) is 4.79 Å². The fourth-order valence-electron chi connectivity index (χ4n) is 2.03. The molecule has 0 saturated carbocycles. The molecule has 0 aliphatic carbocycles. The number of alkyl halides is 2. The van der Waals surface area contributed by atoms with E-state index in [1.165, 1.54) is 11.3 Å². The first-order chi connectivity index (χ1) is 10.6. The molecule has 22 heavy (non-hydrogen) atoms. The Hall–Kier alpha value is -1.17. The predicted octanol–water partition coefficient (Wildman–Crippen LogP) is 4.14. The smallest absolute Gasteiger partial charge is 0.245 e. The van der Waals surface area contributed by atoms with Crippen molar-refractivity contribution in [3.05, 3.63) is 39.8 Å². The molecule has 0 N–H and O–H groups in total. The first-order valence-corrected chi connectivity index (χ1v) is 8.73. The summed E-state index contributed by atoms with van der Waals surface area (Å²) in [5, 5.41) is 9.02. The molecule has 1 aromatic heterocycles. The third-order valence-electron chi connectivity index (χ3n) is 3.22. The zero-order chi connectivity index (χ0) is 16.1. The first-order valence-electron chi connectivity index (χ1n) is 6.95. The second-order valence-electron chi connectivity index (χ2n) is 4.81. The van der Waals surface area contributed by atoms with Crippen molar-refractivity contribution >= 4 is 46.1 Å². The zero-order valence-electron chi connectivity index (χ0n) is 12.4. The molecule has 2 aromatic rings. The molecular weight excluding hydrogens is 341 g/mol. The molecular formula is C15H17Cl2N3OS. The number of nitrogens with zero attached hydrogens (tertiary/aromatic N) is 3. The molecule has 0 radical (unpaired) electrons. The quantitative estimate of drug-likeness (QED) is 0.730. The number of carbonyl (C=O) groups excluding carboxylic acids is 1. The van der Waals surface area contributed by atoms with E-state index >= 15 is 0 Å². The number of aromatic nitrogens is 2. The summed E-state index contributed by atoms with van der Waals surface area (Å²) in [7, 11) is 0. The van der Waals surface area contributed by atoms with Crippen molar-refractivity contribution in [1.82, 2.24) is 10.2 Å². The van der Waals surface area contributed by atoms with E-state index in [2.05, 4.69) is 10.2 Å². The molecule has 0 aliphatic heterocycles. The molecule has 1 unspecified atom stereocenters. The minimum Gasteiger partial charge on any atom is -0.304 e. The lowest BCUT2D eigenvalue weighted by Gasteiger charge is -2.25. The minimum absolute atomic E-state index is 0.124. The second kappa shape index (κ2) is 7.90. The lowest BCUT2D eigenvalue weighted by molar-refractivity contribution is -0.118. The van der Waals surface area contributed by atoms with Crippen LogP contribution in [0.15, 0.2) is 24.3 Å². The van der Waals surface area contributed by atoms with E-state index in [-0.39, 0.29) is 5.91 Å². The van der Waals surface area contributed by atoms with Gasteiger partial charge in [-0.2, -0.15) is 0 Å². The van der Waals surface area contributed by atoms with Gasteiger partial charge in [0.2, 0.25) is 5.91 Å². The Morgan fingerprint density at radius 3 is 2.59 bits per heavy atom. The van der Waals surface area contributed by atoms with Gasteiger partial charge in [-0.15, -0.1) is 33.4 Å². The summed E-state index contributed by atoms with van der Waals surface area (Å²) in [5.74, 6) is 0.198. The van der Waals surface area contributed by atoms with Gasteiger partial charge >= 0.3 is 0 Å². The Bertz CT molecular complexity index is 647. The van der Waals surface area contributed by atoms with Gasteiger partial charge in [-0.3, -0.25) is 4.79 Å². The van der Waals surface area contributed by atoms with Crippen LogP contribution in [-0.2, 0) is 17.2 Å². The summed E-state index contributed by atoms with van der Waals surface area (Å²) in [6, 6.07) is 7.73. The zero-order valence-corrected chi connectivity index (χ0v) is 14.8. The number of carbonyl (C=O) groups is 1. The van der Waals surface area contributed by atoms with Crippen molar-refractivity contribution in [2.75, 3.05) is 4.90 Å². The molecule has 1 amide bonds. The van der Waals surface area contributed by atoms with Crippen LogP contribution in [0.1, 0.15) is 28.9 Å². The Balaban J connectivity index is 2.33. The summed E-state index contributed by atoms with van der Waals surface area (Å²) in [6.45, 7) is 4.21. The number of amides is 1. The molecule has 0 saturated heterocycles. The van der Waals surface area contributed by atoms with Crippen LogP contribution in [0.5, 0.6) is 0 Å². The van der Waals surface area contributed by atoms with Crippen LogP contribution in [0.4, 0.5) is 5.69 Å². The molecule has 4 nitrogen and oxygen atoms in total. The average molecular weight is 358 g/mol. The van der Waals surface area contributed by atoms with Crippen molar-refractivity contribution < 1.29 is 4.79 Å². The maximum atomic E-state index is 12.6. The third-order valence-corrected chi connectivity index (χ3v) is 5.03. The third kappa shape index (κ3) is 3.97. The largest absolute Gasteiger partial charge is 0.304 e. The number of benzene rings is 1. The van der Waals surface area contributed by atoms with Crippen molar-refractivity contribution in [1.29, 1.82) is 0 Å². The highest BCUT2D eigenvalue weighted by Gasteiger charge is 2.24. The highest BCUT2D eigenvalue weighted by molar-refractivity contribution is 7.11. The molecule has 2 rings (SSSR count). The van der Waals surface area contributed by atoms with Crippen LogP contribution in [0.2, 0.25) is 0 Å². The Morgan fingerprint density at radius 1 is 1.32 bits per heavy atom. The van der Waals surface area contributed by atoms with Gasteiger partial charge in [-0.25, -0.2) is 0 Å². The fourth-order valence-corrected chi connectivity index (χ4v) is 3.05. The molecule has 0 fully saturated rings. The summed E-state index contributed by atoms with van der Waals surface area (Å²) in [4.78, 5) is 14.3. The SMILES string of the molecule is CCC(Cl)C(=O)N(Cc1nnc(CCl)s1)c1ccccc1C. The maximum absolute atomic E-state index is 12.6. The van der Waals surface area contributed by atoms with Gasteiger partial charge in [0.25, 0.3) is 0 Å². The Morgan fingerprint density at radius 2 is 2.00 bits per heavy atom. The van der Waals surface area contributed by atoms with Crippen molar-refractivity contribution in [3.63, 3.8) is 0 Å². The minimum atomic E-state index is -0.556. The molecule has 0 aliphatic rings. The number of hydrogen-bond acceptors (Lipinski definition) is 4. The molecule has 1 aromatic carbocycles. The van der Waals surface area contributed by atoms with E-state index in [1.54, 1.807) is 4.90 Å². The van der Waals surface area contributed by atoms with Gasteiger partial charge in [0.05, 0.1) is 12.4 Å². The molecule has 118 valence electrons. The summed E-state index contributed by atoms with van der Waals surface area (Å²) in [6.07, 6.45) is 0.575. The lowest BCUT2D eigenvalue weighted by atomic mass is 10.1. The highest BCUT2D eigenvalue weighted by Crippen LogP contribution is 2.25. The maximum Gasteiger partial charge on any atom is 0.245 e. The summed E-state index contributed by atoms with van der Waals surface area (Å²) in [5.41, 5.74) is 1.85. The van der Waals surface area contributed by atoms with Crippen molar-refractivity contribution in [3.8, 4) is 0 Å². The van der Waals surface area contributed by atoms with Crippen LogP contribution in [-0.4, -0.2) is 21.5 Å². The number of aryl methyl sites for hydroxylation is 1. The monoisotopic (exact) mass is 357 g/mol. The van der Waals surface area contributed by atoms with E-state index in [4.69, 9.17) is 23.2 Å². The number of hydrogen-bond donors (Lipinski definition) is 0. The van der Waals surface area contributed by atoms with E-state index in [1.807, 2.05) is 38.1 Å². The lowest BCUT2D eigenvalue weighted by Crippen LogP contribution is -2.36. The fraction of sp³-hybridized carbons (Fsp3) is 0.400. The second-order valence-corrected chi connectivity index (χ2v) is 6.75. The Kier molecular flexibility index (Phi) is 6.17. The van der Waals surface area contributed by atoms with Gasteiger partial charge in [0.15, 0.2) is 0 Å².